The maximum absolute atomic E-state index is 14.2. The molecule has 0 N–H and O–H groups in total. The summed E-state index contributed by atoms with van der Waals surface area (Å²) >= 11 is 12.2. The van der Waals surface area contributed by atoms with E-state index in [2.05, 4.69) is 0 Å². The van der Waals surface area contributed by atoms with E-state index >= 15 is 0 Å². The van der Waals surface area contributed by atoms with Crippen LogP contribution in [0.15, 0.2) is 63.8 Å². The summed E-state index contributed by atoms with van der Waals surface area (Å²) in [5.74, 6) is -2.00. The summed E-state index contributed by atoms with van der Waals surface area (Å²) in [4.78, 5) is 15.3. The lowest BCUT2D eigenvalue weighted by molar-refractivity contribution is -0.154. The second kappa shape index (κ2) is 11.0. The Hall–Kier alpha value is -3.40. The monoisotopic (exact) mass is 579 g/mol. The molecule has 39 heavy (non-hydrogen) atoms. The fourth-order valence-corrected chi connectivity index (χ4v) is 4.84. The predicted octanol–water partition coefficient (Wildman–Crippen LogP) is 7.70. The molecule has 6 nitrogen and oxygen atoms in total. The van der Waals surface area contributed by atoms with E-state index in [4.69, 9.17) is 41.8 Å². The molecule has 5 rings (SSSR count). The van der Waals surface area contributed by atoms with Gasteiger partial charge in [0, 0.05) is 23.1 Å². The number of hydrogen-bond donors (Lipinski definition) is 0. The van der Waals surface area contributed by atoms with Crippen LogP contribution in [-0.2, 0) is 19.1 Å². The molecule has 204 valence electrons. The summed E-state index contributed by atoms with van der Waals surface area (Å²) in [7, 11) is 0. The third-order valence-corrected chi connectivity index (χ3v) is 6.78. The summed E-state index contributed by atoms with van der Waals surface area (Å²) in [6.45, 7) is 2.87. The van der Waals surface area contributed by atoms with Gasteiger partial charge in [-0.15, -0.1) is 0 Å². The smallest absolute Gasteiger partial charge is 0.453 e. The van der Waals surface area contributed by atoms with Crippen LogP contribution < -0.4 is 19.6 Å². The fraction of sp³-hybridized carbons (Fsp3) is 0.250. The van der Waals surface area contributed by atoms with E-state index in [-0.39, 0.29) is 42.4 Å². The zero-order chi connectivity index (χ0) is 27.7. The molecule has 4 aromatic rings. The van der Waals surface area contributed by atoms with Gasteiger partial charge in [0.1, 0.15) is 18.1 Å². The number of ether oxygens (including phenoxy) is 3. The lowest BCUT2D eigenvalue weighted by Crippen LogP contribution is -2.34. The highest BCUT2D eigenvalue weighted by Gasteiger charge is 2.41. The molecule has 1 aliphatic heterocycles. The van der Waals surface area contributed by atoms with Gasteiger partial charge in [-0.3, -0.25) is 9.69 Å². The molecule has 0 aliphatic carbocycles. The second-order valence-electron chi connectivity index (χ2n) is 8.80. The molecule has 0 fully saturated rings. The standard InChI is InChI=1S/C28H22Cl2F3NO5/c1-2-36-22-5-3-4-6-23(22)38-26-24(35)18-9-10-21-19(25(18)39-27(26)28(31,32)33)14-34(15-37-21)12-11-16-7-8-17(29)13-20(16)30/h3-10,13H,2,11-12,14-15H2,1H3. The molecule has 0 saturated carbocycles. The Kier molecular flexibility index (Phi) is 7.66. The molecule has 2 heterocycles. The maximum atomic E-state index is 14.2. The molecule has 0 atom stereocenters. The molecule has 0 amide bonds. The summed E-state index contributed by atoms with van der Waals surface area (Å²) < 4.78 is 64.7. The van der Waals surface area contributed by atoms with Gasteiger partial charge in [0.2, 0.25) is 11.2 Å². The zero-order valence-corrected chi connectivity index (χ0v) is 22.1. The third-order valence-electron chi connectivity index (χ3n) is 6.19. The first-order valence-corrected chi connectivity index (χ1v) is 12.8. The summed E-state index contributed by atoms with van der Waals surface area (Å²) in [5, 5.41) is 0.980. The van der Waals surface area contributed by atoms with E-state index < -0.39 is 23.1 Å². The summed E-state index contributed by atoms with van der Waals surface area (Å²) in [5.41, 5.74) is 0.0434. The number of hydrogen-bond acceptors (Lipinski definition) is 6. The highest BCUT2D eigenvalue weighted by atomic mass is 35.5. The molecule has 3 aromatic carbocycles. The molecule has 0 bridgehead atoms. The van der Waals surface area contributed by atoms with Crippen LogP contribution in [0.1, 0.15) is 23.8 Å². The van der Waals surface area contributed by atoms with Crippen molar-refractivity contribution in [2.75, 3.05) is 19.9 Å². The van der Waals surface area contributed by atoms with Crippen LogP contribution in [0.5, 0.6) is 23.0 Å². The van der Waals surface area contributed by atoms with Crippen molar-refractivity contribution in [3.05, 3.63) is 91.8 Å². The minimum atomic E-state index is -5.01. The number of halogens is 5. The van der Waals surface area contributed by atoms with E-state index in [0.29, 0.717) is 34.3 Å². The number of fused-ring (bicyclic) bond motifs is 3. The molecule has 0 saturated heterocycles. The lowest BCUT2D eigenvalue weighted by Gasteiger charge is -2.29. The number of rotatable bonds is 7. The highest BCUT2D eigenvalue weighted by molar-refractivity contribution is 6.35. The largest absolute Gasteiger partial charge is 0.490 e. The Morgan fingerprint density at radius 1 is 1.05 bits per heavy atom. The van der Waals surface area contributed by atoms with Crippen LogP contribution in [0.25, 0.3) is 11.0 Å². The maximum Gasteiger partial charge on any atom is 0.453 e. The fourth-order valence-electron chi connectivity index (χ4n) is 4.34. The van der Waals surface area contributed by atoms with E-state index in [1.165, 1.54) is 18.2 Å². The van der Waals surface area contributed by atoms with Crippen LogP contribution >= 0.6 is 23.2 Å². The van der Waals surface area contributed by atoms with E-state index in [1.807, 2.05) is 11.0 Å². The average molecular weight is 580 g/mol. The summed E-state index contributed by atoms with van der Waals surface area (Å²) in [6, 6.07) is 14.3. The molecular formula is C28H22Cl2F3NO5. The van der Waals surface area contributed by atoms with Gasteiger partial charge >= 0.3 is 6.18 Å². The van der Waals surface area contributed by atoms with Crippen molar-refractivity contribution < 1.29 is 31.8 Å². The highest BCUT2D eigenvalue weighted by Crippen LogP contribution is 2.42. The molecule has 11 heteroatoms. The Bertz CT molecular complexity index is 1590. The Morgan fingerprint density at radius 3 is 2.54 bits per heavy atom. The molecular weight excluding hydrogens is 558 g/mol. The van der Waals surface area contributed by atoms with Crippen LogP contribution in [0.2, 0.25) is 10.0 Å². The van der Waals surface area contributed by atoms with Gasteiger partial charge in [-0.1, -0.05) is 41.4 Å². The Morgan fingerprint density at radius 2 is 1.82 bits per heavy atom. The van der Waals surface area contributed by atoms with E-state index in [0.717, 1.165) is 5.56 Å². The van der Waals surface area contributed by atoms with Gasteiger partial charge in [-0.05, 0) is 55.3 Å². The van der Waals surface area contributed by atoms with Gasteiger partial charge in [-0.2, -0.15) is 13.2 Å². The van der Waals surface area contributed by atoms with Gasteiger partial charge in [0.15, 0.2) is 11.5 Å². The Labute approximate surface area is 231 Å². The summed E-state index contributed by atoms with van der Waals surface area (Å²) in [6.07, 6.45) is -4.46. The molecule has 1 aromatic heterocycles. The minimum Gasteiger partial charge on any atom is -0.490 e. The first-order chi connectivity index (χ1) is 18.7. The van der Waals surface area contributed by atoms with E-state index in [1.54, 1.807) is 37.3 Å². The van der Waals surface area contributed by atoms with Crippen LogP contribution in [0, 0.1) is 0 Å². The van der Waals surface area contributed by atoms with Crippen molar-refractivity contribution in [2.45, 2.75) is 26.1 Å². The van der Waals surface area contributed by atoms with Crippen molar-refractivity contribution in [3.8, 4) is 23.0 Å². The van der Waals surface area contributed by atoms with Crippen molar-refractivity contribution in [2.24, 2.45) is 0 Å². The van der Waals surface area contributed by atoms with Crippen molar-refractivity contribution >= 4 is 34.2 Å². The topological polar surface area (TPSA) is 61.1 Å². The molecule has 0 unspecified atom stereocenters. The number of benzene rings is 3. The van der Waals surface area contributed by atoms with Crippen molar-refractivity contribution in [1.29, 1.82) is 0 Å². The SMILES string of the molecule is CCOc1ccccc1Oc1c(C(F)(F)F)oc2c3c(ccc2c1=O)OCN(CCc1ccc(Cl)cc1Cl)C3. The van der Waals surface area contributed by atoms with Crippen molar-refractivity contribution in [1.82, 2.24) is 4.90 Å². The van der Waals surface area contributed by atoms with E-state index in [9.17, 15) is 18.0 Å². The van der Waals surface area contributed by atoms with Crippen LogP contribution in [0.4, 0.5) is 13.2 Å². The van der Waals surface area contributed by atoms with Gasteiger partial charge in [-0.25, -0.2) is 0 Å². The second-order valence-corrected chi connectivity index (χ2v) is 9.64. The third kappa shape index (κ3) is 5.66. The van der Waals surface area contributed by atoms with Gasteiger partial charge in [0.25, 0.3) is 5.76 Å². The Balaban J connectivity index is 1.52. The first-order valence-electron chi connectivity index (χ1n) is 12.0. The normalized spacial score (nSPS) is 13.7. The van der Waals surface area contributed by atoms with Crippen molar-refractivity contribution in [3.63, 3.8) is 0 Å². The minimum absolute atomic E-state index is 0.0372. The first kappa shape index (κ1) is 27.2. The molecule has 1 aliphatic rings. The zero-order valence-electron chi connectivity index (χ0n) is 20.6. The average Bonchev–Trinajstić information content (AvgIpc) is 2.90. The quantitative estimate of drug-likeness (QED) is 0.223. The predicted molar refractivity (Wildman–Crippen MR) is 141 cm³/mol. The van der Waals surface area contributed by atoms with Crippen LogP contribution in [0.3, 0.4) is 0 Å². The van der Waals surface area contributed by atoms with Gasteiger partial charge < -0.3 is 18.6 Å². The molecule has 0 radical (unpaired) electrons. The van der Waals surface area contributed by atoms with Crippen LogP contribution in [-0.4, -0.2) is 24.8 Å². The number of para-hydroxylation sites is 2. The number of alkyl halides is 3. The lowest BCUT2D eigenvalue weighted by atomic mass is 10.1. The van der Waals surface area contributed by atoms with Gasteiger partial charge in [0.05, 0.1) is 17.6 Å². The molecule has 0 spiro atoms. The number of nitrogens with zero attached hydrogens (tertiary/aromatic N) is 1.